The first kappa shape index (κ1) is 10.5. The molecule has 1 aromatic rings. The summed E-state index contributed by atoms with van der Waals surface area (Å²) in [5.41, 5.74) is 0.618. The maximum atomic E-state index is 11.7. The number of nitrogens with one attached hydrogen (secondary N) is 1. The van der Waals surface area contributed by atoms with Crippen molar-refractivity contribution >= 4 is 21.8 Å². The lowest BCUT2D eigenvalue weighted by atomic mass is 10.1. The van der Waals surface area contributed by atoms with Crippen LogP contribution in [0.15, 0.2) is 24.3 Å². The quantitative estimate of drug-likeness (QED) is 0.856. The van der Waals surface area contributed by atoms with Crippen LogP contribution in [0.4, 0.5) is 0 Å². The van der Waals surface area contributed by atoms with Crippen molar-refractivity contribution in [1.29, 1.82) is 0 Å². The van der Waals surface area contributed by atoms with E-state index in [9.17, 15) is 4.79 Å². The third kappa shape index (κ3) is 2.31. The first-order chi connectivity index (χ1) is 7.31. The Balaban J connectivity index is 2.12. The van der Waals surface area contributed by atoms with Gasteiger partial charge in [0.25, 0.3) is 5.91 Å². The van der Waals surface area contributed by atoms with Gasteiger partial charge in [-0.3, -0.25) is 4.79 Å². The van der Waals surface area contributed by atoms with Crippen LogP contribution in [0.3, 0.4) is 0 Å². The van der Waals surface area contributed by atoms with Crippen molar-refractivity contribution in [2.75, 3.05) is 5.33 Å². The van der Waals surface area contributed by atoms with E-state index in [1.165, 1.54) is 0 Å². The van der Waals surface area contributed by atoms with Crippen molar-refractivity contribution in [3.05, 3.63) is 29.8 Å². The van der Waals surface area contributed by atoms with Gasteiger partial charge in [0.15, 0.2) is 6.23 Å². The summed E-state index contributed by atoms with van der Waals surface area (Å²) in [6.07, 6.45) is 1.61. The van der Waals surface area contributed by atoms with E-state index >= 15 is 0 Å². The second-order valence-electron chi connectivity index (χ2n) is 3.41. The number of hydrogen-bond acceptors (Lipinski definition) is 2. The minimum absolute atomic E-state index is 0.0450. The lowest BCUT2D eigenvalue weighted by molar-refractivity contribution is 0.0739. The summed E-state index contributed by atoms with van der Waals surface area (Å²) < 4.78 is 5.65. The number of hydrogen-bond donors (Lipinski definition) is 1. The second kappa shape index (κ2) is 4.66. The van der Waals surface area contributed by atoms with Gasteiger partial charge in [0.2, 0.25) is 0 Å². The Kier molecular flexibility index (Phi) is 3.26. The van der Waals surface area contributed by atoms with Gasteiger partial charge in [0.05, 0.1) is 5.56 Å². The number of ether oxygens (including phenoxy) is 1. The highest BCUT2D eigenvalue weighted by Crippen LogP contribution is 2.23. The summed E-state index contributed by atoms with van der Waals surface area (Å²) in [7, 11) is 0. The number of carbonyl (C=O) groups is 1. The molecule has 3 nitrogen and oxygen atoms in total. The molecular formula is C11H12BrNO2. The van der Waals surface area contributed by atoms with E-state index < -0.39 is 0 Å². The van der Waals surface area contributed by atoms with Gasteiger partial charge < -0.3 is 10.1 Å². The Morgan fingerprint density at radius 2 is 2.20 bits per heavy atom. The summed E-state index contributed by atoms with van der Waals surface area (Å²) in [6.45, 7) is 0. The van der Waals surface area contributed by atoms with Crippen LogP contribution in [0.2, 0.25) is 0 Å². The van der Waals surface area contributed by atoms with Gasteiger partial charge in [-0.2, -0.15) is 0 Å². The van der Waals surface area contributed by atoms with Crippen LogP contribution in [-0.2, 0) is 0 Å². The first-order valence-electron chi connectivity index (χ1n) is 4.94. The second-order valence-corrected chi connectivity index (χ2v) is 4.20. The molecule has 15 heavy (non-hydrogen) atoms. The van der Waals surface area contributed by atoms with Crippen molar-refractivity contribution in [2.45, 2.75) is 19.1 Å². The molecule has 1 N–H and O–H groups in total. The molecule has 1 aromatic carbocycles. The molecule has 0 saturated heterocycles. The van der Waals surface area contributed by atoms with Crippen LogP contribution in [0.5, 0.6) is 5.75 Å². The molecule has 1 aliphatic heterocycles. The molecule has 2 rings (SSSR count). The van der Waals surface area contributed by atoms with E-state index in [2.05, 4.69) is 21.2 Å². The Morgan fingerprint density at radius 3 is 3.00 bits per heavy atom. The van der Waals surface area contributed by atoms with Gasteiger partial charge in [-0.05, 0) is 18.6 Å². The molecule has 80 valence electrons. The number of amides is 1. The van der Waals surface area contributed by atoms with Crippen LogP contribution in [0.25, 0.3) is 0 Å². The normalized spacial score (nSPS) is 19.0. The maximum absolute atomic E-state index is 11.7. The van der Waals surface area contributed by atoms with Crippen molar-refractivity contribution in [3.8, 4) is 5.75 Å². The molecule has 1 amide bonds. The number of para-hydroxylation sites is 1. The Morgan fingerprint density at radius 1 is 1.40 bits per heavy atom. The number of carbonyl (C=O) groups excluding carboxylic acids is 1. The highest BCUT2D eigenvalue weighted by molar-refractivity contribution is 9.09. The summed E-state index contributed by atoms with van der Waals surface area (Å²) >= 11 is 3.35. The summed E-state index contributed by atoms with van der Waals surface area (Å²) in [5.74, 6) is 0.636. The van der Waals surface area contributed by atoms with E-state index in [4.69, 9.17) is 4.74 Å². The Labute approximate surface area is 96.9 Å². The van der Waals surface area contributed by atoms with Gasteiger partial charge in [-0.25, -0.2) is 0 Å². The fourth-order valence-electron chi connectivity index (χ4n) is 1.56. The fraction of sp³-hybridized carbons (Fsp3) is 0.364. The molecule has 0 fully saturated rings. The summed E-state index contributed by atoms with van der Waals surface area (Å²) in [5, 5.41) is 3.75. The smallest absolute Gasteiger partial charge is 0.257 e. The van der Waals surface area contributed by atoms with Crippen molar-refractivity contribution in [1.82, 2.24) is 5.32 Å². The van der Waals surface area contributed by atoms with Crippen LogP contribution >= 0.6 is 15.9 Å². The highest BCUT2D eigenvalue weighted by Gasteiger charge is 2.23. The number of rotatable bonds is 3. The van der Waals surface area contributed by atoms with Crippen LogP contribution in [0, 0.1) is 0 Å². The molecule has 0 aromatic heterocycles. The molecular weight excluding hydrogens is 258 g/mol. The zero-order valence-corrected chi connectivity index (χ0v) is 9.79. The fourth-order valence-corrected chi connectivity index (χ4v) is 1.88. The minimum atomic E-state index is -0.190. The molecule has 1 aliphatic rings. The van der Waals surface area contributed by atoms with Crippen molar-refractivity contribution < 1.29 is 9.53 Å². The zero-order valence-electron chi connectivity index (χ0n) is 8.20. The number of fused-ring (bicyclic) bond motifs is 1. The van der Waals surface area contributed by atoms with E-state index in [0.29, 0.717) is 11.3 Å². The van der Waals surface area contributed by atoms with Crippen molar-refractivity contribution in [3.63, 3.8) is 0 Å². The van der Waals surface area contributed by atoms with E-state index in [1.54, 1.807) is 6.07 Å². The van der Waals surface area contributed by atoms with Crippen LogP contribution in [0.1, 0.15) is 23.2 Å². The predicted octanol–water partition coefficient (Wildman–Crippen LogP) is 2.31. The van der Waals surface area contributed by atoms with Crippen LogP contribution in [-0.4, -0.2) is 17.5 Å². The van der Waals surface area contributed by atoms with Gasteiger partial charge in [-0.15, -0.1) is 0 Å². The number of benzene rings is 1. The number of halogens is 1. The third-order valence-corrected chi connectivity index (χ3v) is 2.85. The summed E-state index contributed by atoms with van der Waals surface area (Å²) in [4.78, 5) is 11.7. The molecule has 1 heterocycles. The highest BCUT2D eigenvalue weighted by atomic mass is 79.9. The van der Waals surface area contributed by atoms with E-state index in [-0.39, 0.29) is 12.1 Å². The summed E-state index contributed by atoms with van der Waals surface area (Å²) in [6, 6.07) is 7.31. The van der Waals surface area contributed by atoms with Gasteiger partial charge >= 0.3 is 0 Å². The first-order valence-corrected chi connectivity index (χ1v) is 6.06. The Hall–Kier alpha value is -1.03. The molecule has 1 atom stereocenters. The van der Waals surface area contributed by atoms with Gasteiger partial charge in [0.1, 0.15) is 5.75 Å². The number of alkyl halides is 1. The lowest BCUT2D eigenvalue weighted by Crippen LogP contribution is -2.43. The largest absolute Gasteiger partial charge is 0.470 e. The van der Waals surface area contributed by atoms with E-state index in [0.717, 1.165) is 18.2 Å². The van der Waals surface area contributed by atoms with Gasteiger partial charge in [0, 0.05) is 11.8 Å². The third-order valence-electron chi connectivity index (χ3n) is 2.29. The minimum Gasteiger partial charge on any atom is -0.470 e. The monoisotopic (exact) mass is 269 g/mol. The Bertz CT molecular complexity index is 367. The maximum Gasteiger partial charge on any atom is 0.257 e. The zero-order chi connectivity index (χ0) is 10.7. The molecule has 0 spiro atoms. The standard InChI is InChI=1S/C11H12BrNO2/c12-7-3-6-10-13-11(14)8-4-1-2-5-9(8)15-10/h1-2,4-5,10H,3,6-7H2,(H,13,14). The average molecular weight is 270 g/mol. The molecule has 0 aliphatic carbocycles. The van der Waals surface area contributed by atoms with Crippen molar-refractivity contribution in [2.24, 2.45) is 0 Å². The van der Waals surface area contributed by atoms with Gasteiger partial charge in [-0.1, -0.05) is 28.1 Å². The molecule has 0 saturated carbocycles. The van der Waals surface area contributed by atoms with E-state index in [1.807, 2.05) is 18.2 Å². The predicted molar refractivity (Wildman–Crippen MR) is 61.4 cm³/mol. The molecule has 1 unspecified atom stereocenters. The average Bonchev–Trinajstić information content (AvgIpc) is 2.26. The molecule has 0 radical (unpaired) electrons. The SMILES string of the molecule is O=C1NC(CCCBr)Oc2ccccc21. The lowest BCUT2D eigenvalue weighted by Gasteiger charge is -2.26. The topological polar surface area (TPSA) is 38.3 Å². The molecule has 0 bridgehead atoms. The molecule has 4 heteroatoms. The van der Waals surface area contributed by atoms with Crippen LogP contribution < -0.4 is 10.1 Å².